The maximum Gasteiger partial charge on any atom is 0.257 e. The number of carbonyl (C=O) groups excluding carboxylic acids is 1. The number of ether oxygens (including phenoxy) is 1. The SMILES string of the molecule is C[C@@H]1CN(C(=O)c2cn[nH]c2C2CCCCC2)CC[C@@]1(O)C1CCOCC1. The van der Waals surface area contributed by atoms with Crippen molar-refractivity contribution in [2.24, 2.45) is 11.8 Å². The molecule has 1 aromatic heterocycles. The van der Waals surface area contributed by atoms with Crippen LogP contribution < -0.4 is 0 Å². The van der Waals surface area contributed by atoms with E-state index in [2.05, 4.69) is 17.1 Å². The highest BCUT2D eigenvalue weighted by Crippen LogP contribution is 2.40. The van der Waals surface area contributed by atoms with E-state index in [0.717, 1.165) is 50.2 Å². The van der Waals surface area contributed by atoms with Crippen molar-refractivity contribution in [3.05, 3.63) is 17.5 Å². The Kier molecular flexibility index (Phi) is 5.55. The van der Waals surface area contributed by atoms with Gasteiger partial charge in [0.05, 0.1) is 23.1 Å². The highest BCUT2D eigenvalue weighted by Gasteiger charge is 2.46. The van der Waals surface area contributed by atoms with E-state index in [4.69, 9.17) is 4.74 Å². The zero-order chi connectivity index (χ0) is 18.9. The van der Waals surface area contributed by atoms with Crippen LogP contribution in [0.2, 0.25) is 0 Å². The molecule has 2 aliphatic heterocycles. The van der Waals surface area contributed by atoms with Crippen molar-refractivity contribution in [1.82, 2.24) is 15.1 Å². The summed E-state index contributed by atoms with van der Waals surface area (Å²) in [4.78, 5) is 15.1. The van der Waals surface area contributed by atoms with Crippen molar-refractivity contribution in [2.45, 2.75) is 69.8 Å². The molecule has 1 aromatic rings. The summed E-state index contributed by atoms with van der Waals surface area (Å²) < 4.78 is 5.46. The second-order valence-corrected chi connectivity index (χ2v) is 8.81. The molecule has 2 atom stereocenters. The molecule has 0 spiro atoms. The Morgan fingerprint density at radius 3 is 2.70 bits per heavy atom. The van der Waals surface area contributed by atoms with Crippen LogP contribution in [0.3, 0.4) is 0 Å². The van der Waals surface area contributed by atoms with Gasteiger partial charge >= 0.3 is 0 Å². The quantitative estimate of drug-likeness (QED) is 0.851. The van der Waals surface area contributed by atoms with Crippen LogP contribution in [0.1, 0.15) is 80.3 Å². The van der Waals surface area contributed by atoms with Crippen LogP contribution in [0.5, 0.6) is 0 Å². The molecule has 3 heterocycles. The van der Waals surface area contributed by atoms with E-state index in [1.54, 1.807) is 6.20 Å². The number of likely N-dealkylation sites (tertiary alicyclic amines) is 1. The number of nitrogens with zero attached hydrogens (tertiary/aromatic N) is 2. The Balaban J connectivity index is 1.45. The summed E-state index contributed by atoms with van der Waals surface area (Å²) in [5, 5.41) is 18.7. The predicted octanol–water partition coefficient (Wildman–Crippen LogP) is 3.10. The van der Waals surface area contributed by atoms with Gasteiger partial charge in [-0.1, -0.05) is 26.2 Å². The monoisotopic (exact) mass is 375 g/mol. The number of hydrogen-bond donors (Lipinski definition) is 2. The maximum absolute atomic E-state index is 13.2. The number of carbonyl (C=O) groups is 1. The molecule has 0 unspecified atom stereocenters. The molecular formula is C21H33N3O3. The molecule has 6 nitrogen and oxygen atoms in total. The lowest BCUT2D eigenvalue weighted by atomic mass is 9.70. The number of aromatic amines is 1. The average molecular weight is 376 g/mol. The lowest BCUT2D eigenvalue weighted by molar-refractivity contribution is -0.125. The van der Waals surface area contributed by atoms with Crippen LogP contribution in [0.25, 0.3) is 0 Å². The van der Waals surface area contributed by atoms with Gasteiger partial charge in [-0.15, -0.1) is 0 Å². The van der Waals surface area contributed by atoms with Gasteiger partial charge in [0.2, 0.25) is 0 Å². The summed E-state index contributed by atoms with van der Waals surface area (Å²) in [5.74, 6) is 0.861. The molecule has 1 saturated carbocycles. The van der Waals surface area contributed by atoms with Gasteiger partial charge in [0.25, 0.3) is 5.91 Å². The third-order valence-corrected chi connectivity index (χ3v) is 7.26. The molecule has 0 radical (unpaired) electrons. The van der Waals surface area contributed by atoms with E-state index >= 15 is 0 Å². The Morgan fingerprint density at radius 2 is 2.00 bits per heavy atom. The molecule has 2 N–H and O–H groups in total. The summed E-state index contributed by atoms with van der Waals surface area (Å²) in [6.45, 7) is 4.80. The normalized spacial score (nSPS) is 31.2. The van der Waals surface area contributed by atoms with Crippen LogP contribution in [-0.2, 0) is 4.74 Å². The van der Waals surface area contributed by atoms with Gasteiger partial charge in [-0.25, -0.2) is 0 Å². The highest BCUT2D eigenvalue weighted by molar-refractivity contribution is 5.95. The van der Waals surface area contributed by atoms with Crippen LogP contribution in [0.4, 0.5) is 0 Å². The molecule has 150 valence electrons. The number of rotatable bonds is 3. The zero-order valence-corrected chi connectivity index (χ0v) is 16.5. The van der Waals surface area contributed by atoms with Crippen LogP contribution in [-0.4, -0.2) is 58.0 Å². The van der Waals surface area contributed by atoms with Crippen molar-refractivity contribution >= 4 is 5.91 Å². The number of amides is 1. The lowest BCUT2D eigenvalue weighted by Crippen LogP contribution is -2.56. The number of hydrogen-bond acceptors (Lipinski definition) is 4. The predicted molar refractivity (Wildman–Crippen MR) is 103 cm³/mol. The second-order valence-electron chi connectivity index (χ2n) is 8.81. The Morgan fingerprint density at radius 1 is 1.26 bits per heavy atom. The van der Waals surface area contributed by atoms with Crippen LogP contribution in [0, 0.1) is 11.8 Å². The number of nitrogens with one attached hydrogen (secondary N) is 1. The first-order valence-corrected chi connectivity index (χ1v) is 10.7. The van der Waals surface area contributed by atoms with Gasteiger partial charge in [0.15, 0.2) is 0 Å². The molecule has 0 bridgehead atoms. The fraction of sp³-hybridized carbons (Fsp3) is 0.810. The number of piperidine rings is 1. The Hall–Kier alpha value is -1.40. The van der Waals surface area contributed by atoms with Gasteiger partial charge in [0, 0.05) is 38.1 Å². The van der Waals surface area contributed by atoms with E-state index < -0.39 is 5.60 Å². The molecule has 4 rings (SSSR count). The number of aliphatic hydroxyl groups is 1. The third-order valence-electron chi connectivity index (χ3n) is 7.26. The van der Waals surface area contributed by atoms with E-state index in [-0.39, 0.29) is 17.7 Å². The van der Waals surface area contributed by atoms with Crippen molar-refractivity contribution in [3.8, 4) is 0 Å². The van der Waals surface area contributed by atoms with Gasteiger partial charge in [0.1, 0.15) is 0 Å². The summed E-state index contributed by atoms with van der Waals surface area (Å²) in [6, 6.07) is 0. The number of aromatic nitrogens is 2. The van der Waals surface area contributed by atoms with E-state index in [9.17, 15) is 9.90 Å². The first-order chi connectivity index (χ1) is 13.1. The summed E-state index contributed by atoms with van der Waals surface area (Å²) in [6.07, 6.45) is 10.2. The van der Waals surface area contributed by atoms with E-state index in [0.29, 0.717) is 25.4 Å². The molecule has 3 aliphatic rings. The maximum atomic E-state index is 13.2. The Bertz CT molecular complexity index is 649. The van der Waals surface area contributed by atoms with Gasteiger partial charge in [-0.05, 0) is 38.0 Å². The first kappa shape index (κ1) is 18.9. The number of H-pyrrole nitrogens is 1. The second kappa shape index (κ2) is 7.92. The van der Waals surface area contributed by atoms with Crippen molar-refractivity contribution in [3.63, 3.8) is 0 Å². The van der Waals surface area contributed by atoms with Crippen molar-refractivity contribution in [1.29, 1.82) is 0 Å². The van der Waals surface area contributed by atoms with E-state index in [1.165, 1.54) is 19.3 Å². The van der Waals surface area contributed by atoms with Gasteiger partial charge in [-0.2, -0.15) is 5.10 Å². The molecule has 27 heavy (non-hydrogen) atoms. The molecular weight excluding hydrogens is 342 g/mol. The summed E-state index contributed by atoms with van der Waals surface area (Å²) in [7, 11) is 0. The smallest absolute Gasteiger partial charge is 0.257 e. The minimum absolute atomic E-state index is 0.0725. The van der Waals surface area contributed by atoms with Gasteiger partial charge in [-0.3, -0.25) is 9.89 Å². The molecule has 6 heteroatoms. The first-order valence-electron chi connectivity index (χ1n) is 10.7. The van der Waals surface area contributed by atoms with Crippen molar-refractivity contribution < 1.29 is 14.6 Å². The molecule has 3 fully saturated rings. The largest absolute Gasteiger partial charge is 0.389 e. The summed E-state index contributed by atoms with van der Waals surface area (Å²) >= 11 is 0. The van der Waals surface area contributed by atoms with Crippen LogP contribution in [0.15, 0.2) is 6.20 Å². The fourth-order valence-corrected chi connectivity index (χ4v) is 5.47. The van der Waals surface area contributed by atoms with Gasteiger partial charge < -0.3 is 14.7 Å². The van der Waals surface area contributed by atoms with Crippen LogP contribution >= 0.6 is 0 Å². The zero-order valence-electron chi connectivity index (χ0n) is 16.5. The minimum Gasteiger partial charge on any atom is -0.389 e. The highest BCUT2D eigenvalue weighted by atomic mass is 16.5. The fourth-order valence-electron chi connectivity index (χ4n) is 5.47. The van der Waals surface area contributed by atoms with E-state index in [1.807, 2.05) is 4.90 Å². The Labute approximate surface area is 161 Å². The molecule has 0 aromatic carbocycles. The third kappa shape index (κ3) is 3.66. The average Bonchev–Trinajstić information content (AvgIpc) is 3.21. The standard InChI is InChI=1S/C21H33N3O3/c1-15-14-24(10-9-21(15,26)17-7-11-27-12-8-17)20(25)18-13-22-23-19(18)16-5-3-2-4-6-16/h13,15-17,26H,2-12,14H2,1H3,(H,22,23)/t15-,21+/m1/s1. The lowest BCUT2D eigenvalue weighted by Gasteiger charge is -2.48. The molecule has 2 saturated heterocycles. The molecule has 1 aliphatic carbocycles. The molecule has 1 amide bonds. The summed E-state index contributed by atoms with van der Waals surface area (Å²) in [5.41, 5.74) is 1.09. The topological polar surface area (TPSA) is 78.5 Å². The van der Waals surface area contributed by atoms with Crippen molar-refractivity contribution in [2.75, 3.05) is 26.3 Å². The minimum atomic E-state index is -0.677.